The van der Waals surface area contributed by atoms with Crippen LogP contribution < -0.4 is 10.3 Å². The summed E-state index contributed by atoms with van der Waals surface area (Å²) in [6.07, 6.45) is 0. The van der Waals surface area contributed by atoms with E-state index in [1.54, 1.807) is 6.92 Å². The molecule has 3 aromatic rings. The average molecular weight is 358 g/mol. The second-order valence-corrected chi connectivity index (χ2v) is 6.28. The van der Waals surface area contributed by atoms with E-state index in [9.17, 15) is 4.79 Å². The van der Waals surface area contributed by atoms with Crippen molar-refractivity contribution in [2.45, 2.75) is 31.7 Å². The summed E-state index contributed by atoms with van der Waals surface area (Å²) in [5.74, 6) is 2.05. The largest absolute Gasteiger partial charge is 0.493 e. The Kier molecular flexibility index (Phi) is 5.18. The highest BCUT2D eigenvalue weighted by molar-refractivity contribution is 7.98. The second kappa shape index (κ2) is 7.52. The first-order valence-corrected chi connectivity index (χ1v) is 8.82. The van der Waals surface area contributed by atoms with Crippen molar-refractivity contribution in [3.05, 3.63) is 51.8 Å². The monoisotopic (exact) mass is 358 g/mol. The number of hydrogen-bond donors (Lipinski definition) is 1. The van der Waals surface area contributed by atoms with Gasteiger partial charge in [-0.15, -0.1) is 0 Å². The Bertz CT molecular complexity index is 936. The molecule has 0 aliphatic carbocycles. The molecule has 2 heterocycles. The number of nitrogens with zero attached hydrogens (tertiary/aromatic N) is 3. The molecule has 25 heavy (non-hydrogen) atoms. The van der Waals surface area contributed by atoms with Gasteiger partial charge in [-0.2, -0.15) is 4.98 Å². The first-order chi connectivity index (χ1) is 12.1. The number of aromatic amines is 1. The summed E-state index contributed by atoms with van der Waals surface area (Å²) < 4.78 is 10.9. The number of aryl methyl sites for hydroxylation is 1. The van der Waals surface area contributed by atoms with Gasteiger partial charge >= 0.3 is 0 Å². The lowest BCUT2D eigenvalue weighted by molar-refractivity contribution is 0.341. The molecule has 0 atom stereocenters. The van der Waals surface area contributed by atoms with Crippen molar-refractivity contribution in [1.82, 2.24) is 20.1 Å². The molecule has 2 aromatic heterocycles. The Hall–Kier alpha value is -2.61. The molecule has 0 saturated carbocycles. The van der Waals surface area contributed by atoms with Gasteiger partial charge in [0.15, 0.2) is 5.16 Å². The molecule has 0 saturated heterocycles. The van der Waals surface area contributed by atoms with E-state index in [1.807, 2.05) is 38.1 Å². The van der Waals surface area contributed by atoms with Gasteiger partial charge in [0.1, 0.15) is 5.75 Å². The van der Waals surface area contributed by atoms with Gasteiger partial charge in [-0.25, -0.2) is 4.98 Å². The molecule has 0 aliphatic heterocycles. The fraction of sp³-hybridized carbons (Fsp3) is 0.294. The van der Waals surface area contributed by atoms with Crippen LogP contribution in [0, 0.1) is 13.8 Å². The number of benzene rings is 1. The maximum Gasteiger partial charge on any atom is 0.254 e. The van der Waals surface area contributed by atoms with Crippen LogP contribution in [-0.4, -0.2) is 26.7 Å². The Morgan fingerprint density at radius 2 is 2.04 bits per heavy atom. The van der Waals surface area contributed by atoms with Crippen LogP contribution in [0.2, 0.25) is 0 Å². The van der Waals surface area contributed by atoms with E-state index in [0.717, 1.165) is 5.56 Å². The SMILES string of the molecule is CCOc1ccccc1-c1noc(CSc2nc(C)c(C)c(=O)[nH]2)n1. The maximum absolute atomic E-state index is 11.8. The highest BCUT2D eigenvalue weighted by Gasteiger charge is 2.14. The number of thioether (sulfide) groups is 1. The Balaban J connectivity index is 1.76. The van der Waals surface area contributed by atoms with Crippen molar-refractivity contribution in [2.75, 3.05) is 6.61 Å². The summed E-state index contributed by atoms with van der Waals surface area (Å²) in [7, 11) is 0. The second-order valence-electron chi connectivity index (χ2n) is 5.31. The molecule has 0 amide bonds. The third kappa shape index (κ3) is 3.90. The standard InChI is InChI=1S/C17H18N4O3S/c1-4-23-13-8-6-5-7-12(13)15-19-14(24-21-15)9-25-17-18-11(3)10(2)16(22)20-17/h5-8H,4,9H2,1-3H3,(H,18,20,22). The van der Waals surface area contributed by atoms with Crippen molar-refractivity contribution < 1.29 is 9.26 Å². The fourth-order valence-electron chi connectivity index (χ4n) is 2.17. The highest BCUT2D eigenvalue weighted by atomic mass is 32.2. The van der Waals surface area contributed by atoms with Gasteiger partial charge in [-0.05, 0) is 32.9 Å². The number of ether oxygens (including phenoxy) is 1. The summed E-state index contributed by atoms with van der Waals surface area (Å²) in [5, 5.41) is 4.55. The molecule has 7 nitrogen and oxygen atoms in total. The van der Waals surface area contributed by atoms with Crippen molar-refractivity contribution >= 4 is 11.8 Å². The molecule has 0 bridgehead atoms. The van der Waals surface area contributed by atoms with Crippen LogP contribution in [0.5, 0.6) is 5.75 Å². The molecule has 0 radical (unpaired) electrons. The van der Waals surface area contributed by atoms with Crippen LogP contribution in [-0.2, 0) is 5.75 Å². The molecule has 0 aliphatic rings. The summed E-state index contributed by atoms with van der Waals surface area (Å²) in [5.41, 5.74) is 1.98. The number of nitrogens with one attached hydrogen (secondary N) is 1. The quantitative estimate of drug-likeness (QED) is 0.534. The molecular formula is C17H18N4O3S. The molecule has 8 heteroatoms. The molecule has 130 valence electrons. The number of aromatic nitrogens is 4. The number of para-hydroxylation sites is 1. The maximum atomic E-state index is 11.8. The van der Waals surface area contributed by atoms with Gasteiger partial charge in [0.05, 0.1) is 17.9 Å². The van der Waals surface area contributed by atoms with E-state index in [1.165, 1.54) is 11.8 Å². The molecule has 0 spiro atoms. The Labute approximate surface area is 148 Å². The first-order valence-electron chi connectivity index (χ1n) is 7.83. The third-order valence-electron chi connectivity index (χ3n) is 3.60. The third-order valence-corrected chi connectivity index (χ3v) is 4.46. The van der Waals surface area contributed by atoms with E-state index < -0.39 is 0 Å². The summed E-state index contributed by atoms with van der Waals surface area (Å²) >= 11 is 1.34. The normalized spacial score (nSPS) is 10.8. The Morgan fingerprint density at radius 3 is 2.80 bits per heavy atom. The zero-order valence-corrected chi connectivity index (χ0v) is 15.0. The van der Waals surface area contributed by atoms with Gasteiger partial charge < -0.3 is 14.2 Å². The predicted octanol–water partition coefficient (Wildman–Crippen LogP) is 3.13. The minimum absolute atomic E-state index is 0.133. The van der Waals surface area contributed by atoms with E-state index in [4.69, 9.17) is 9.26 Å². The first kappa shape index (κ1) is 17.2. The average Bonchev–Trinajstić information content (AvgIpc) is 3.07. The van der Waals surface area contributed by atoms with Crippen LogP contribution in [0.1, 0.15) is 24.1 Å². The van der Waals surface area contributed by atoms with Crippen LogP contribution in [0.4, 0.5) is 0 Å². The molecule has 3 rings (SSSR count). The smallest absolute Gasteiger partial charge is 0.254 e. The van der Waals surface area contributed by atoms with Crippen LogP contribution >= 0.6 is 11.8 Å². The molecule has 1 N–H and O–H groups in total. The van der Waals surface area contributed by atoms with Crippen LogP contribution in [0.15, 0.2) is 38.7 Å². The minimum Gasteiger partial charge on any atom is -0.493 e. The topological polar surface area (TPSA) is 93.9 Å². The van der Waals surface area contributed by atoms with Crippen molar-refractivity contribution in [1.29, 1.82) is 0 Å². The van der Waals surface area contributed by atoms with Gasteiger partial charge in [-0.3, -0.25) is 4.79 Å². The molecule has 0 unspecified atom stereocenters. The van der Waals surface area contributed by atoms with E-state index >= 15 is 0 Å². The van der Waals surface area contributed by atoms with Crippen LogP contribution in [0.3, 0.4) is 0 Å². The highest BCUT2D eigenvalue weighted by Crippen LogP contribution is 2.28. The van der Waals surface area contributed by atoms with Gasteiger partial charge in [0.2, 0.25) is 11.7 Å². The van der Waals surface area contributed by atoms with Crippen molar-refractivity contribution in [3.8, 4) is 17.1 Å². The lowest BCUT2D eigenvalue weighted by atomic mass is 10.2. The molecule has 1 aromatic carbocycles. The minimum atomic E-state index is -0.133. The zero-order chi connectivity index (χ0) is 17.8. The summed E-state index contributed by atoms with van der Waals surface area (Å²) in [6, 6.07) is 7.54. The van der Waals surface area contributed by atoms with Crippen LogP contribution in [0.25, 0.3) is 11.4 Å². The molecular weight excluding hydrogens is 340 g/mol. The van der Waals surface area contributed by atoms with E-state index in [-0.39, 0.29) is 5.56 Å². The number of rotatable bonds is 6. The summed E-state index contributed by atoms with van der Waals surface area (Å²) in [4.78, 5) is 23.3. The zero-order valence-electron chi connectivity index (χ0n) is 14.2. The fourth-order valence-corrected chi connectivity index (χ4v) is 2.92. The number of hydrogen-bond acceptors (Lipinski definition) is 7. The Morgan fingerprint density at radius 1 is 1.24 bits per heavy atom. The number of H-pyrrole nitrogens is 1. The van der Waals surface area contributed by atoms with Gasteiger partial charge in [-0.1, -0.05) is 29.1 Å². The van der Waals surface area contributed by atoms with Crippen molar-refractivity contribution in [3.63, 3.8) is 0 Å². The lowest BCUT2D eigenvalue weighted by Gasteiger charge is -2.06. The summed E-state index contributed by atoms with van der Waals surface area (Å²) in [6.45, 7) is 6.04. The molecule has 0 fully saturated rings. The van der Waals surface area contributed by atoms with E-state index in [2.05, 4.69) is 20.1 Å². The van der Waals surface area contributed by atoms with Crippen molar-refractivity contribution in [2.24, 2.45) is 0 Å². The van der Waals surface area contributed by atoms with Gasteiger partial charge in [0.25, 0.3) is 5.56 Å². The van der Waals surface area contributed by atoms with E-state index in [0.29, 0.717) is 46.2 Å². The lowest BCUT2D eigenvalue weighted by Crippen LogP contribution is -2.14. The van der Waals surface area contributed by atoms with Gasteiger partial charge in [0, 0.05) is 11.3 Å². The predicted molar refractivity (Wildman–Crippen MR) is 94.8 cm³/mol.